The zero-order chi connectivity index (χ0) is 22.5. The number of nitrogens with zero attached hydrogens (tertiary/aromatic N) is 3. The number of carbonyl (C=O) groups excluding carboxylic acids is 1. The number of hydrogen-bond acceptors (Lipinski definition) is 6. The standard InChI is InChI=1S/C25H25N3O3S/c1-4-30-20-7-9-21(10-8-20)31-16-23(29)28(15-19-6-5-11-26-14-19)25-27-24-18(3)12-17(2)13-22(24)32-25/h5-14H,4,15-16H2,1-3H3. The lowest BCUT2D eigenvalue weighted by molar-refractivity contribution is -0.120. The van der Waals surface area contributed by atoms with E-state index in [1.54, 1.807) is 29.4 Å². The van der Waals surface area contributed by atoms with Crippen LogP contribution in [0.25, 0.3) is 10.2 Å². The van der Waals surface area contributed by atoms with Gasteiger partial charge in [0.15, 0.2) is 11.7 Å². The summed E-state index contributed by atoms with van der Waals surface area (Å²) in [5.41, 5.74) is 4.12. The van der Waals surface area contributed by atoms with Crippen molar-refractivity contribution in [3.05, 3.63) is 77.6 Å². The molecular formula is C25H25N3O3S. The second-order valence-corrected chi connectivity index (χ2v) is 8.47. The predicted octanol–water partition coefficient (Wildman–Crippen LogP) is 5.32. The number of aromatic nitrogens is 2. The van der Waals surface area contributed by atoms with E-state index in [0.29, 0.717) is 24.0 Å². The van der Waals surface area contributed by atoms with Gasteiger partial charge in [-0.2, -0.15) is 0 Å². The van der Waals surface area contributed by atoms with Crippen LogP contribution in [0.15, 0.2) is 60.9 Å². The van der Waals surface area contributed by atoms with Crippen molar-refractivity contribution in [2.45, 2.75) is 27.3 Å². The number of benzene rings is 2. The molecule has 4 aromatic rings. The Bertz CT molecular complexity index is 1210. The van der Waals surface area contributed by atoms with E-state index in [2.05, 4.69) is 24.0 Å². The van der Waals surface area contributed by atoms with E-state index in [1.165, 1.54) is 16.9 Å². The Morgan fingerprint density at radius 1 is 1.06 bits per heavy atom. The lowest BCUT2D eigenvalue weighted by Gasteiger charge is -2.20. The van der Waals surface area contributed by atoms with Crippen LogP contribution in [0.2, 0.25) is 0 Å². The quantitative estimate of drug-likeness (QED) is 0.366. The maximum atomic E-state index is 13.2. The third kappa shape index (κ3) is 5.06. The number of hydrogen-bond donors (Lipinski definition) is 0. The highest BCUT2D eigenvalue weighted by molar-refractivity contribution is 7.22. The van der Waals surface area contributed by atoms with Gasteiger partial charge >= 0.3 is 0 Å². The van der Waals surface area contributed by atoms with Crippen LogP contribution < -0.4 is 14.4 Å². The Kier molecular flexibility index (Phi) is 6.66. The molecule has 0 saturated heterocycles. The zero-order valence-electron chi connectivity index (χ0n) is 18.4. The van der Waals surface area contributed by atoms with Gasteiger partial charge in [-0.25, -0.2) is 4.98 Å². The highest BCUT2D eigenvalue weighted by atomic mass is 32.1. The highest BCUT2D eigenvalue weighted by Crippen LogP contribution is 2.32. The molecule has 0 aliphatic rings. The van der Waals surface area contributed by atoms with Crippen molar-refractivity contribution < 1.29 is 14.3 Å². The normalized spacial score (nSPS) is 10.8. The average Bonchev–Trinajstić information content (AvgIpc) is 3.22. The Hall–Kier alpha value is -3.45. The summed E-state index contributed by atoms with van der Waals surface area (Å²) in [6.45, 7) is 6.92. The smallest absolute Gasteiger partial charge is 0.267 e. The van der Waals surface area contributed by atoms with Gasteiger partial charge in [-0.1, -0.05) is 23.5 Å². The Morgan fingerprint density at radius 3 is 2.50 bits per heavy atom. The summed E-state index contributed by atoms with van der Waals surface area (Å²) < 4.78 is 12.3. The van der Waals surface area contributed by atoms with Crippen molar-refractivity contribution >= 4 is 32.6 Å². The van der Waals surface area contributed by atoms with Crippen molar-refractivity contribution in [3.63, 3.8) is 0 Å². The molecule has 0 N–H and O–H groups in total. The monoisotopic (exact) mass is 447 g/mol. The molecule has 1 amide bonds. The van der Waals surface area contributed by atoms with Gasteiger partial charge in [-0.15, -0.1) is 0 Å². The fraction of sp³-hybridized carbons (Fsp3) is 0.240. The molecule has 0 atom stereocenters. The molecule has 32 heavy (non-hydrogen) atoms. The summed E-state index contributed by atoms with van der Waals surface area (Å²) in [5.74, 6) is 1.21. The fourth-order valence-corrected chi connectivity index (χ4v) is 4.59. The highest BCUT2D eigenvalue weighted by Gasteiger charge is 2.21. The first kappa shape index (κ1) is 21.8. The van der Waals surface area contributed by atoms with Crippen molar-refractivity contribution in [1.29, 1.82) is 0 Å². The van der Waals surface area contributed by atoms with Gasteiger partial charge in [0, 0.05) is 12.4 Å². The number of ether oxygens (including phenoxy) is 2. The molecule has 6 nitrogen and oxygen atoms in total. The van der Waals surface area contributed by atoms with Crippen LogP contribution in [0, 0.1) is 13.8 Å². The van der Waals surface area contributed by atoms with Crippen LogP contribution in [-0.4, -0.2) is 29.1 Å². The third-order valence-corrected chi connectivity index (χ3v) is 5.94. The first-order valence-corrected chi connectivity index (χ1v) is 11.3. The molecule has 0 aliphatic heterocycles. The molecule has 2 aromatic heterocycles. The van der Waals surface area contributed by atoms with Crippen LogP contribution in [0.4, 0.5) is 5.13 Å². The molecule has 0 unspecified atom stereocenters. The van der Waals surface area contributed by atoms with E-state index in [9.17, 15) is 4.79 Å². The number of anilines is 1. The van der Waals surface area contributed by atoms with E-state index in [0.717, 1.165) is 27.1 Å². The van der Waals surface area contributed by atoms with Crippen LogP contribution >= 0.6 is 11.3 Å². The van der Waals surface area contributed by atoms with Crippen LogP contribution in [0.3, 0.4) is 0 Å². The number of aryl methyl sites for hydroxylation is 2. The van der Waals surface area contributed by atoms with E-state index >= 15 is 0 Å². The molecule has 0 fully saturated rings. The van der Waals surface area contributed by atoms with Gasteiger partial charge in [0.1, 0.15) is 11.5 Å². The maximum absolute atomic E-state index is 13.2. The molecule has 0 aliphatic carbocycles. The minimum atomic E-state index is -0.170. The Labute approximate surface area is 191 Å². The first-order chi connectivity index (χ1) is 15.5. The van der Waals surface area contributed by atoms with Crippen molar-refractivity contribution in [2.75, 3.05) is 18.1 Å². The topological polar surface area (TPSA) is 64.6 Å². The summed E-state index contributed by atoms with van der Waals surface area (Å²) in [5, 5.41) is 0.651. The number of carbonyl (C=O) groups is 1. The van der Waals surface area contributed by atoms with Gasteiger partial charge < -0.3 is 9.47 Å². The minimum Gasteiger partial charge on any atom is -0.494 e. The fourth-order valence-electron chi connectivity index (χ4n) is 3.43. The average molecular weight is 448 g/mol. The van der Waals surface area contributed by atoms with Crippen molar-refractivity contribution in [1.82, 2.24) is 9.97 Å². The summed E-state index contributed by atoms with van der Waals surface area (Å²) in [6, 6.07) is 15.3. The summed E-state index contributed by atoms with van der Waals surface area (Å²) in [6.07, 6.45) is 3.48. The Morgan fingerprint density at radius 2 is 1.81 bits per heavy atom. The van der Waals surface area contributed by atoms with Crippen molar-refractivity contribution in [3.8, 4) is 11.5 Å². The maximum Gasteiger partial charge on any atom is 0.267 e. The number of fused-ring (bicyclic) bond motifs is 1. The molecule has 0 bridgehead atoms. The SMILES string of the molecule is CCOc1ccc(OCC(=O)N(Cc2cccnc2)c2nc3c(C)cc(C)cc3s2)cc1. The van der Waals surface area contributed by atoms with Gasteiger partial charge in [0.05, 0.1) is 23.4 Å². The molecule has 0 saturated carbocycles. The molecule has 0 radical (unpaired) electrons. The Balaban J connectivity index is 1.57. The molecular weight excluding hydrogens is 422 g/mol. The van der Waals surface area contributed by atoms with E-state index in [4.69, 9.17) is 14.5 Å². The molecule has 7 heteroatoms. The van der Waals surface area contributed by atoms with Gasteiger partial charge in [-0.3, -0.25) is 14.7 Å². The van der Waals surface area contributed by atoms with Crippen LogP contribution in [-0.2, 0) is 11.3 Å². The molecule has 2 heterocycles. The lowest BCUT2D eigenvalue weighted by atomic mass is 10.1. The molecule has 4 rings (SSSR count). The van der Waals surface area contributed by atoms with Crippen molar-refractivity contribution in [2.24, 2.45) is 0 Å². The number of amides is 1. The van der Waals surface area contributed by atoms with Gasteiger partial charge in [0.2, 0.25) is 0 Å². The number of thiazole rings is 1. The van der Waals surface area contributed by atoms with Gasteiger partial charge in [0.25, 0.3) is 5.91 Å². The van der Waals surface area contributed by atoms with E-state index < -0.39 is 0 Å². The largest absolute Gasteiger partial charge is 0.494 e. The van der Waals surface area contributed by atoms with E-state index in [-0.39, 0.29) is 12.5 Å². The molecule has 0 spiro atoms. The van der Waals surface area contributed by atoms with Gasteiger partial charge in [-0.05, 0) is 73.9 Å². The molecule has 164 valence electrons. The minimum absolute atomic E-state index is 0.0951. The third-order valence-electron chi connectivity index (χ3n) is 4.91. The van der Waals surface area contributed by atoms with Crippen LogP contribution in [0.5, 0.6) is 11.5 Å². The molecule has 2 aromatic carbocycles. The van der Waals surface area contributed by atoms with Crippen LogP contribution in [0.1, 0.15) is 23.6 Å². The summed E-state index contributed by atoms with van der Waals surface area (Å²) in [7, 11) is 0. The summed E-state index contributed by atoms with van der Waals surface area (Å²) in [4.78, 5) is 23.9. The predicted molar refractivity (Wildman–Crippen MR) is 128 cm³/mol. The zero-order valence-corrected chi connectivity index (χ0v) is 19.2. The first-order valence-electron chi connectivity index (χ1n) is 10.5. The van der Waals surface area contributed by atoms with E-state index in [1.807, 2.05) is 38.1 Å². The second-order valence-electron chi connectivity index (χ2n) is 7.46. The second kappa shape index (κ2) is 9.78. The lowest BCUT2D eigenvalue weighted by Crippen LogP contribution is -2.34. The number of pyridine rings is 1. The summed E-state index contributed by atoms with van der Waals surface area (Å²) >= 11 is 1.51. The number of rotatable bonds is 8.